The normalized spacial score (nSPS) is 14.3. The van der Waals surface area contributed by atoms with Crippen molar-refractivity contribution < 1.29 is 14.3 Å². The molecule has 0 bridgehead atoms. The summed E-state index contributed by atoms with van der Waals surface area (Å²) in [5.74, 6) is 1.11. The molecule has 5 heterocycles. The lowest BCUT2D eigenvalue weighted by molar-refractivity contribution is -0.149. The molecule has 1 aromatic carbocycles. The maximum absolute atomic E-state index is 12.4. The topological polar surface area (TPSA) is 157 Å². The third-order valence-electron chi connectivity index (χ3n) is 7.71. The SMILES string of the molecule is Cc1cccc(-c2ccn(-c3cc(N4CCOCC4)n4nc(-c5cc(C)n(COC(=O)[C@@H](N)CCCCN)n5)cc4n3)n2)c1. The van der Waals surface area contributed by atoms with E-state index in [1.807, 2.05) is 48.0 Å². The molecule has 13 nitrogen and oxygen atoms in total. The number of fused-ring (bicyclic) bond motifs is 1. The second-order valence-electron chi connectivity index (χ2n) is 11.0. The number of nitrogens with two attached hydrogens (primary N) is 2. The predicted molar refractivity (Wildman–Crippen MR) is 166 cm³/mol. The zero-order valence-corrected chi connectivity index (χ0v) is 25.1. The Morgan fingerprint density at radius 3 is 2.61 bits per heavy atom. The number of ether oxygens (including phenoxy) is 2. The lowest BCUT2D eigenvalue weighted by atomic mass is 10.1. The van der Waals surface area contributed by atoms with Crippen molar-refractivity contribution in [3.05, 3.63) is 66.0 Å². The fraction of sp³-hybridized carbons (Fsp3) is 0.387. The third kappa shape index (κ3) is 6.34. The number of carbonyl (C=O) groups is 1. The van der Waals surface area contributed by atoms with E-state index in [1.54, 1.807) is 9.36 Å². The van der Waals surface area contributed by atoms with Crippen LogP contribution in [0.15, 0.2) is 54.7 Å². The number of carbonyl (C=O) groups excluding carboxylic acids is 1. The molecule has 0 saturated carbocycles. The van der Waals surface area contributed by atoms with Gasteiger partial charge in [-0.15, -0.1) is 0 Å². The fourth-order valence-electron chi connectivity index (χ4n) is 5.24. The van der Waals surface area contributed by atoms with Crippen molar-refractivity contribution in [1.29, 1.82) is 0 Å². The second-order valence-corrected chi connectivity index (χ2v) is 11.0. The van der Waals surface area contributed by atoms with E-state index in [0.29, 0.717) is 49.0 Å². The van der Waals surface area contributed by atoms with Crippen LogP contribution in [0, 0.1) is 13.8 Å². The van der Waals surface area contributed by atoms with Crippen molar-refractivity contribution in [2.24, 2.45) is 11.5 Å². The van der Waals surface area contributed by atoms with Crippen LogP contribution >= 0.6 is 0 Å². The first-order valence-corrected chi connectivity index (χ1v) is 14.9. The van der Waals surface area contributed by atoms with E-state index >= 15 is 0 Å². The van der Waals surface area contributed by atoms with Gasteiger partial charge >= 0.3 is 5.97 Å². The Morgan fingerprint density at radius 2 is 1.82 bits per heavy atom. The molecule has 6 rings (SSSR count). The summed E-state index contributed by atoms with van der Waals surface area (Å²) in [5.41, 5.74) is 17.4. The van der Waals surface area contributed by atoms with Gasteiger partial charge in [-0.3, -0.25) is 4.79 Å². The highest BCUT2D eigenvalue weighted by molar-refractivity contribution is 5.75. The lowest BCUT2D eigenvalue weighted by Crippen LogP contribution is -2.37. The monoisotopic (exact) mass is 598 g/mol. The maximum Gasteiger partial charge on any atom is 0.324 e. The van der Waals surface area contributed by atoms with Crippen molar-refractivity contribution in [3.63, 3.8) is 0 Å². The van der Waals surface area contributed by atoms with Crippen LogP contribution in [0.1, 0.15) is 30.5 Å². The van der Waals surface area contributed by atoms with E-state index in [0.717, 1.165) is 48.7 Å². The first kappa shape index (κ1) is 29.5. The number of benzene rings is 1. The zero-order chi connectivity index (χ0) is 30.6. The average Bonchev–Trinajstić information content (AvgIpc) is 3.78. The molecule has 1 atom stereocenters. The largest absolute Gasteiger partial charge is 0.441 e. The summed E-state index contributed by atoms with van der Waals surface area (Å²) in [6.07, 6.45) is 4.06. The Labute approximate surface area is 255 Å². The molecular formula is C31H38N10O3. The summed E-state index contributed by atoms with van der Waals surface area (Å²) in [6.45, 7) is 7.23. The van der Waals surface area contributed by atoms with Crippen molar-refractivity contribution in [2.45, 2.75) is 45.9 Å². The molecule has 4 N–H and O–H groups in total. The molecule has 0 aliphatic carbocycles. The summed E-state index contributed by atoms with van der Waals surface area (Å²) in [4.78, 5) is 19.6. The van der Waals surface area contributed by atoms with Gasteiger partial charge < -0.3 is 25.8 Å². The highest BCUT2D eigenvalue weighted by atomic mass is 16.5. The fourth-order valence-corrected chi connectivity index (χ4v) is 5.24. The van der Waals surface area contributed by atoms with Gasteiger partial charge in [-0.25, -0.2) is 14.3 Å². The minimum Gasteiger partial charge on any atom is -0.441 e. The number of aromatic nitrogens is 7. The van der Waals surface area contributed by atoms with Crippen LogP contribution in [0.5, 0.6) is 0 Å². The lowest BCUT2D eigenvalue weighted by Gasteiger charge is -2.29. The number of esters is 1. The molecule has 5 aromatic rings. The summed E-state index contributed by atoms with van der Waals surface area (Å²) >= 11 is 0. The second kappa shape index (κ2) is 13.0. The van der Waals surface area contributed by atoms with Crippen molar-refractivity contribution in [1.82, 2.24) is 34.2 Å². The molecule has 0 unspecified atom stereocenters. The molecule has 0 radical (unpaired) electrons. The van der Waals surface area contributed by atoms with Gasteiger partial charge in [-0.2, -0.15) is 19.8 Å². The van der Waals surface area contributed by atoms with Crippen LogP contribution in [-0.2, 0) is 21.0 Å². The number of morpholine rings is 1. The zero-order valence-electron chi connectivity index (χ0n) is 25.1. The smallest absolute Gasteiger partial charge is 0.324 e. The Balaban J connectivity index is 1.29. The number of nitrogens with zero attached hydrogens (tertiary/aromatic N) is 8. The number of aryl methyl sites for hydroxylation is 2. The average molecular weight is 599 g/mol. The molecule has 1 aliphatic rings. The van der Waals surface area contributed by atoms with E-state index in [1.165, 1.54) is 5.56 Å². The van der Waals surface area contributed by atoms with Gasteiger partial charge in [-0.05, 0) is 51.4 Å². The first-order valence-electron chi connectivity index (χ1n) is 14.9. The number of hydrogen-bond donors (Lipinski definition) is 2. The minimum absolute atomic E-state index is 0.0351. The van der Waals surface area contributed by atoms with Crippen molar-refractivity contribution >= 4 is 17.4 Å². The predicted octanol–water partition coefficient (Wildman–Crippen LogP) is 2.86. The highest BCUT2D eigenvalue weighted by Crippen LogP contribution is 2.26. The molecule has 1 saturated heterocycles. The van der Waals surface area contributed by atoms with Crippen LogP contribution in [-0.4, -0.2) is 79.0 Å². The van der Waals surface area contributed by atoms with Gasteiger partial charge in [-0.1, -0.05) is 30.2 Å². The van der Waals surface area contributed by atoms with E-state index in [2.05, 4.69) is 35.1 Å². The summed E-state index contributed by atoms with van der Waals surface area (Å²) in [6, 6.07) is 15.4. The highest BCUT2D eigenvalue weighted by Gasteiger charge is 2.21. The summed E-state index contributed by atoms with van der Waals surface area (Å²) in [7, 11) is 0. The Hall–Kier alpha value is -4.59. The molecule has 0 amide bonds. The number of unbranched alkanes of at least 4 members (excludes halogenated alkanes) is 1. The van der Waals surface area contributed by atoms with E-state index in [-0.39, 0.29) is 6.73 Å². The van der Waals surface area contributed by atoms with Crippen molar-refractivity contribution in [2.75, 3.05) is 37.7 Å². The first-order chi connectivity index (χ1) is 21.4. The number of anilines is 1. The standard InChI is InChI=1S/C31H38N10O3/c1-21-6-5-7-23(16-21)25-9-11-39(35-25)28-19-30(38-12-14-43-15-13-38)41-29(34-28)18-27(37-41)26-17-22(2)40(36-26)20-44-31(42)24(33)8-3-4-10-32/h5-7,9,11,16-19,24H,3-4,8,10,12-15,20,32-33H2,1-2H3/t24-/m0/s1. The molecule has 44 heavy (non-hydrogen) atoms. The molecular weight excluding hydrogens is 560 g/mol. The third-order valence-corrected chi connectivity index (χ3v) is 7.71. The van der Waals surface area contributed by atoms with E-state index in [9.17, 15) is 4.79 Å². The maximum atomic E-state index is 12.4. The van der Waals surface area contributed by atoms with Crippen molar-refractivity contribution in [3.8, 4) is 28.5 Å². The Bertz CT molecular complexity index is 1750. The van der Waals surface area contributed by atoms with Crippen LogP contribution in [0.25, 0.3) is 34.1 Å². The molecule has 13 heteroatoms. The molecule has 0 spiro atoms. The Kier molecular flexibility index (Phi) is 8.68. The van der Waals surface area contributed by atoms with Crippen LogP contribution in [0.2, 0.25) is 0 Å². The number of rotatable bonds is 11. The van der Waals surface area contributed by atoms with E-state index in [4.69, 9.17) is 36.1 Å². The Morgan fingerprint density at radius 1 is 1.00 bits per heavy atom. The van der Waals surface area contributed by atoms with E-state index < -0.39 is 12.0 Å². The van der Waals surface area contributed by atoms with Gasteiger partial charge in [0.2, 0.25) is 0 Å². The molecule has 1 aliphatic heterocycles. The van der Waals surface area contributed by atoms with Gasteiger partial charge in [0.1, 0.15) is 23.2 Å². The van der Waals surface area contributed by atoms with Gasteiger partial charge in [0.15, 0.2) is 18.2 Å². The van der Waals surface area contributed by atoms with Gasteiger partial charge in [0.05, 0.1) is 18.9 Å². The van der Waals surface area contributed by atoms with Gasteiger partial charge in [0.25, 0.3) is 0 Å². The minimum atomic E-state index is -0.683. The van der Waals surface area contributed by atoms with Crippen LogP contribution in [0.4, 0.5) is 5.82 Å². The quantitative estimate of drug-likeness (QED) is 0.171. The molecule has 230 valence electrons. The number of hydrogen-bond acceptors (Lipinski definition) is 10. The summed E-state index contributed by atoms with van der Waals surface area (Å²) in [5, 5.41) is 14.4. The summed E-state index contributed by atoms with van der Waals surface area (Å²) < 4.78 is 16.3. The van der Waals surface area contributed by atoms with Crippen LogP contribution < -0.4 is 16.4 Å². The van der Waals surface area contributed by atoms with Gasteiger partial charge in [0, 0.05) is 42.7 Å². The van der Waals surface area contributed by atoms with Crippen LogP contribution in [0.3, 0.4) is 0 Å². The molecule has 1 fully saturated rings. The molecule has 4 aromatic heterocycles.